The van der Waals surface area contributed by atoms with E-state index in [2.05, 4.69) is 27.5 Å². The Labute approximate surface area is 133 Å². The average molecular weight is 311 g/mol. The molecule has 0 aliphatic carbocycles. The number of aryl methyl sites for hydroxylation is 1. The number of pyridine rings is 1. The average Bonchev–Trinajstić information content (AvgIpc) is 3.01. The molecule has 0 unspecified atom stereocenters. The number of hydrogen-bond acceptors (Lipinski definition) is 5. The molecule has 0 fully saturated rings. The number of aromatic hydroxyl groups is 1. The second kappa shape index (κ2) is 6.43. The second-order valence-electron chi connectivity index (χ2n) is 5.20. The Hall–Kier alpha value is -2.96. The summed E-state index contributed by atoms with van der Waals surface area (Å²) in [7, 11) is 0. The maximum atomic E-state index is 12.2. The highest BCUT2D eigenvalue weighted by Gasteiger charge is 2.15. The smallest absolute Gasteiger partial charge is 0.274 e. The highest BCUT2D eigenvalue weighted by molar-refractivity contribution is 6.01. The van der Waals surface area contributed by atoms with Gasteiger partial charge in [-0.15, -0.1) is 5.10 Å². The summed E-state index contributed by atoms with van der Waals surface area (Å²) in [5.74, 6) is -0.562. The Morgan fingerprint density at radius 1 is 1.35 bits per heavy atom. The number of carbonyl (C=O) groups excluding carboxylic acids is 1. The SMILES string of the molecule is CCCn1cc(CNC(=O)c2ncc3ccccc3c2O)nn1. The van der Waals surface area contributed by atoms with Gasteiger partial charge in [0.1, 0.15) is 5.69 Å². The number of benzene rings is 1. The molecule has 7 heteroatoms. The maximum Gasteiger partial charge on any atom is 0.274 e. The standard InChI is InChI=1S/C16H17N5O2/c1-2-7-21-10-12(19-20-21)9-18-16(23)14-15(22)13-6-4-3-5-11(13)8-17-14/h3-6,8,10,22H,2,7,9H2,1H3,(H,18,23). The van der Waals surface area contributed by atoms with Crippen molar-refractivity contribution in [3.63, 3.8) is 0 Å². The van der Waals surface area contributed by atoms with Crippen LogP contribution in [-0.4, -0.2) is 31.0 Å². The fourth-order valence-electron chi connectivity index (χ4n) is 2.33. The minimum Gasteiger partial charge on any atom is -0.505 e. The van der Waals surface area contributed by atoms with Gasteiger partial charge in [-0.05, 0) is 6.42 Å². The normalized spacial score (nSPS) is 10.8. The molecule has 2 heterocycles. The van der Waals surface area contributed by atoms with Crippen LogP contribution in [0.15, 0.2) is 36.7 Å². The van der Waals surface area contributed by atoms with Gasteiger partial charge in [-0.25, -0.2) is 4.98 Å². The molecule has 1 amide bonds. The van der Waals surface area contributed by atoms with Gasteiger partial charge in [0.15, 0.2) is 11.4 Å². The number of amides is 1. The van der Waals surface area contributed by atoms with Crippen molar-refractivity contribution in [3.8, 4) is 5.75 Å². The van der Waals surface area contributed by atoms with Gasteiger partial charge in [-0.2, -0.15) is 0 Å². The van der Waals surface area contributed by atoms with E-state index < -0.39 is 5.91 Å². The predicted octanol–water partition coefficient (Wildman–Crippen LogP) is 1.87. The molecule has 0 radical (unpaired) electrons. The van der Waals surface area contributed by atoms with Crippen molar-refractivity contribution in [2.24, 2.45) is 0 Å². The molecule has 0 saturated heterocycles. The summed E-state index contributed by atoms with van der Waals surface area (Å²) in [6.07, 6.45) is 4.32. The Morgan fingerprint density at radius 2 is 2.17 bits per heavy atom. The maximum absolute atomic E-state index is 12.2. The molecule has 0 aliphatic rings. The van der Waals surface area contributed by atoms with Crippen molar-refractivity contribution < 1.29 is 9.90 Å². The van der Waals surface area contributed by atoms with E-state index in [-0.39, 0.29) is 18.0 Å². The quantitative estimate of drug-likeness (QED) is 0.750. The van der Waals surface area contributed by atoms with Gasteiger partial charge in [0, 0.05) is 23.5 Å². The molecule has 0 atom stereocenters. The van der Waals surface area contributed by atoms with E-state index >= 15 is 0 Å². The Balaban J connectivity index is 1.74. The van der Waals surface area contributed by atoms with Crippen LogP contribution in [0.1, 0.15) is 29.5 Å². The fraction of sp³-hybridized carbons (Fsp3) is 0.250. The summed E-state index contributed by atoms with van der Waals surface area (Å²) in [4.78, 5) is 16.3. The van der Waals surface area contributed by atoms with Gasteiger partial charge in [0.05, 0.1) is 12.7 Å². The zero-order valence-corrected chi connectivity index (χ0v) is 12.7. The first-order valence-electron chi connectivity index (χ1n) is 7.43. The van der Waals surface area contributed by atoms with E-state index in [1.807, 2.05) is 12.1 Å². The van der Waals surface area contributed by atoms with E-state index in [0.717, 1.165) is 18.4 Å². The third-order valence-corrected chi connectivity index (χ3v) is 3.46. The molecular formula is C16H17N5O2. The molecule has 118 valence electrons. The minimum absolute atomic E-state index is 0.00431. The van der Waals surface area contributed by atoms with Crippen LogP contribution in [0.25, 0.3) is 10.8 Å². The lowest BCUT2D eigenvalue weighted by molar-refractivity contribution is 0.0943. The molecule has 23 heavy (non-hydrogen) atoms. The molecule has 2 aromatic heterocycles. The minimum atomic E-state index is -0.446. The van der Waals surface area contributed by atoms with E-state index in [1.54, 1.807) is 29.2 Å². The number of carbonyl (C=O) groups is 1. The lowest BCUT2D eigenvalue weighted by atomic mass is 10.1. The van der Waals surface area contributed by atoms with Crippen LogP contribution in [-0.2, 0) is 13.1 Å². The van der Waals surface area contributed by atoms with E-state index in [1.165, 1.54) is 0 Å². The molecule has 0 aliphatic heterocycles. The molecule has 1 aromatic carbocycles. The van der Waals surface area contributed by atoms with Crippen molar-refractivity contribution in [2.75, 3.05) is 0 Å². The van der Waals surface area contributed by atoms with Crippen molar-refractivity contribution in [2.45, 2.75) is 26.4 Å². The highest BCUT2D eigenvalue weighted by atomic mass is 16.3. The second-order valence-corrected chi connectivity index (χ2v) is 5.20. The summed E-state index contributed by atoms with van der Waals surface area (Å²) < 4.78 is 1.73. The number of fused-ring (bicyclic) bond motifs is 1. The Morgan fingerprint density at radius 3 is 3.00 bits per heavy atom. The number of hydrogen-bond donors (Lipinski definition) is 2. The number of rotatable bonds is 5. The van der Waals surface area contributed by atoms with Crippen LogP contribution in [0.4, 0.5) is 0 Å². The number of aromatic nitrogens is 4. The molecule has 0 saturated carbocycles. The largest absolute Gasteiger partial charge is 0.505 e. The number of nitrogens with zero attached hydrogens (tertiary/aromatic N) is 4. The summed E-state index contributed by atoms with van der Waals surface area (Å²) in [5, 5.41) is 22.3. The van der Waals surface area contributed by atoms with Gasteiger partial charge in [0.25, 0.3) is 5.91 Å². The summed E-state index contributed by atoms with van der Waals surface area (Å²) in [6.45, 7) is 3.07. The molecule has 2 N–H and O–H groups in total. The zero-order chi connectivity index (χ0) is 16.2. The third-order valence-electron chi connectivity index (χ3n) is 3.46. The van der Waals surface area contributed by atoms with Crippen molar-refractivity contribution in [1.29, 1.82) is 0 Å². The van der Waals surface area contributed by atoms with Crippen LogP contribution in [0.5, 0.6) is 5.75 Å². The first-order valence-corrected chi connectivity index (χ1v) is 7.43. The van der Waals surface area contributed by atoms with Crippen LogP contribution < -0.4 is 5.32 Å². The van der Waals surface area contributed by atoms with E-state index in [4.69, 9.17) is 0 Å². The molecule has 0 bridgehead atoms. The van der Waals surface area contributed by atoms with Crippen LogP contribution in [0.3, 0.4) is 0 Å². The topological polar surface area (TPSA) is 92.9 Å². The van der Waals surface area contributed by atoms with E-state index in [9.17, 15) is 9.90 Å². The number of nitrogens with one attached hydrogen (secondary N) is 1. The summed E-state index contributed by atoms with van der Waals surface area (Å²) in [5.41, 5.74) is 0.664. The van der Waals surface area contributed by atoms with Gasteiger partial charge >= 0.3 is 0 Å². The van der Waals surface area contributed by atoms with Gasteiger partial charge in [-0.1, -0.05) is 36.4 Å². The summed E-state index contributed by atoms with van der Waals surface area (Å²) in [6, 6.07) is 7.23. The Kier molecular flexibility index (Phi) is 4.18. The first kappa shape index (κ1) is 15.0. The van der Waals surface area contributed by atoms with Crippen LogP contribution >= 0.6 is 0 Å². The van der Waals surface area contributed by atoms with Gasteiger partial charge in [0.2, 0.25) is 0 Å². The zero-order valence-electron chi connectivity index (χ0n) is 12.7. The molecular weight excluding hydrogens is 294 g/mol. The molecule has 7 nitrogen and oxygen atoms in total. The lowest BCUT2D eigenvalue weighted by Gasteiger charge is -2.07. The summed E-state index contributed by atoms with van der Waals surface area (Å²) >= 11 is 0. The van der Waals surface area contributed by atoms with Gasteiger partial charge in [-0.3, -0.25) is 9.48 Å². The Bertz CT molecular complexity index is 843. The fourth-order valence-corrected chi connectivity index (χ4v) is 2.33. The highest BCUT2D eigenvalue weighted by Crippen LogP contribution is 2.26. The van der Waals surface area contributed by atoms with E-state index in [0.29, 0.717) is 11.1 Å². The lowest BCUT2D eigenvalue weighted by Crippen LogP contribution is -2.24. The van der Waals surface area contributed by atoms with Crippen molar-refractivity contribution in [3.05, 3.63) is 48.0 Å². The monoisotopic (exact) mass is 311 g/mol. The predicted molar refractivity (Wildman–Crippen MR) is 84.9 cm³/mol. The van der Waals surface area contributed by atoms with Crippen molar-refractivity contribution in [1.82, 2.24) is 25.3 Å². The van der Waals surface area contributed by atoms with Crippen LogP contribution in [0.2, 0.25) is 0 Å². The molecule has 3 aromatic rings. The van der Waals surface area contributed by atoms with Gasteiger partial charge < -0.3 is 10.4 Å². The third kappa shape index (κ3) is 3.13. The molecule has 3 rings (SSSR count). The molecule has 0 spiro atoms. The van der Waals surface area contributed by atoms with Crippen molar-refractivity contribution >= 4 is 16.7 Å². The van der Waals surface area contributed by atoms with Crippen LogP contribution in [0, 0.1) is 0 Å². The first-order chi connectivity index (χ1) is 11.2.